The molecule has 2 aliphatic rings. The second kappa shape index (κ2) is 6.66. The molecule has 1 aromatic carbocycles. The Labute approximate surface area is 176 Å². The van der Waals surface area contributed by atoms with Crippen LogP contribution >= 0.6 is 0 Å². The molecule has 1 aliphatic carbocycles. The van der Waals surface area contributed by atoms with E-state index in [0.717, 1.165) is 29.7 Å². The first-order valence-electron chi connectivity index (χ1n) is 10.3. The Morgan fingerprint density at radius 3 is 2.68 bits per heavy atom. The van der Waals surface area contributed by atoms with Crippen molar-refractivity contribution < 1.29 is 13.9 Å². The zero-order valence-electron chi connectivity index (χ0n) is 16.5. The molecule has 1 fully saturated rings. The van der Waals surface area contributed by atoms with Crippen molar-refractivity contribution in [3.05, 3.63) is 71.7 Å². The van der Waals surface area contributed by atoms with Crippen molar-refractivity contribution in [2.24, 2.45) is 0 Å². The van der Waals surface area contributed by atoms with Gasteiger partial charge < -0.3 is 9.72 Å². The highest BCUT2D eigenvalue weighted by atomic mass is 19.1. The van der Waals surface area contributed by atoms with Crippen LogP contribution in [0.5, 0.6) is 0 Å². The number of H-pyrrole nitrogens is 1. The number of carbonyl (C=O) groups excluding carboxylic acids is 1. The third kappa shape index (κ3) is 2.90. The molecule has 1 spiro atoms. The van der Waals surface area contributed by atoms with Gasteiger partial charge in [-0.2, -0.15) is 4.39 Å². The number of pyridine rings is 1. The van der Waals surface area contributed by atoms with Crippen LogP contribution in [0.25, 0.3) is 22.6 Å². The SMILES string of the molecule is O=C1OC2(CCC(c3nc4nc(-c5ccccc5)ncc4[nH]3)CC2)c2cnc(F)cc21. The fourth-order valence-corrected chi connectivity index (χ4v) is 4.72. The van der Waals surface area contributed by atoms with Gasteiger partial charge in [0.05, 0.1) is 11.8 Å². The van der Waals surface area contributed by atoms with E-state index in [2.05, 4.69) is 19.9 Å². The predicted molar refractivity (Wildman–Crippen MR) is 110 cm³/mol. The van der Waals surface area contributed by atoms with Gasteiger partial charge in [-0.25, -0.2) is 24.7 Å². The lowest BCUT2D eigenvalue weighted by molar-refractivity contribution is -0.0313. The molecule has 1 saturated carbocycles. The van der Waals surface area contributed by atoms with Crippen molar-refractivity contribution in [1.82, 2.24) is 24.9 Å². The van der Waals surface area contributed by atoms with E-state index in [1.807, 2.05) is 30.3 Å². The Morgan fingerprint density at radius 1 is 1.06 bits per heavy atom. The molecule has 3 aromatic heterocycles. The Bertz CT molecular complexity index is 1310. The number of fused-ring (bicyclic) bond motifs is 3. The lowest BCUT2D eigenvalue weighted by atomic mass is 9.75. The van der Waals surface area contributed by atoms with Crippen molar-refractivity contribution >= 4 is 17.1 Å². The molecule has 0 saturated heterocycles. The van der Waals surface area contributed by atoms with E-state index in [0.29, 0.717) is 35.4 Å². The average Bonchev–Trinajstić information content (AvgIpc) is 3.33. The molecule has 8 heteroatoms. The standard InChI is InChI=1S/C23H18FN5O2/c24-18-10-15-16(11-25-18)23(31-22(15)30)8-6-14(7-9-23)20-27-17-12-26-19(28-21(17)29-20)13-4-2-1-3-5-13/h1-5,10-12,14H,6-9H2,(H,26,27,28,29). The maximum absolute atomic E-state index is 13.5. The number of carbonyl (C=O) groups is 1. The van der Waals surface area contributed by atoms with Crippen LogP contribution in [-0.4, -0.2) is 30.9 Å². The summed E-state index contributed by atoms with van der Waals surface area (Å²) in [6.45, 7) is 0. The number of hydrogen-bond acceptors (Lipinski definition) is 6. The Morgan fingerprint density at radius 2 is 1.87 bits per heavy atom. The fraction of sp³-hybridized carbons (Fsp3) is 0.261. The lowest BCUT2D eigenvalue weighted by Crippen LogP contribution is -2.31. The quantitative estimate of drug-likeness (QED) is 0.388. The zero-order valence-corrected chi connectivity index (χ0v) is 16.5. The zero-order chi connectivity index (χ0) is 21.0. The molecule has 0 atom stereocenters. The molecule has 0 radical (unpaired) electrons. The molecular weight excluding hydrogens is 397 g/mol. The van der Waals surface area contributed by atoms with Gasteiger partial charge in [0.25, 0.3) is 0 Å². The largest absolute Gasteiger partial charge is 0.450 e. The van der Waals surface area contributed by atoms with E-state index in [-0.39, 0.29) is 5.92 Å². The normalized spacial score (nSPS) is 22.6. The van der Waals surface area contributed by atoms with Crippen LogP contribution in [-0.2, 0) is 10.3 Å². The molecule has 1 aliphatic heterocycles. The van der Waals surface area contributed by atoms with E-state index in [4.69, 9.17) is 9.72 Å². The smallest absolute Gasteiger partial charge is 0.339 e. The number of rotatable bonds is 2. The first-order valence-corrected chi connectivity index (χ1v) is 10.3. The van der Waals surface area contributed by atoms with Gasteiger partial charge in [0.2, 0.25) is 5.95 Å². The summed E-state index contributed by atoms with van der Waals surface area (Å²) in [6, 6.07) is 11.0. The van der Waals surface area contributed by atoms with E-state index in [9.17, 15) is 9.18 Å². The summed E-state index contributed by atoms with van der Waals surface area (Å²) < 4.78 is 19.2. The van der Waals surface area contributed by atoms with Crippen LogP contribution in [0, 0.1) is 5.95 Å². The van der Waals surface area contributed by atoms with Crippen LogP contribution in [0.2, 0.25) is 0 Å². The van der Waals surface area contributed by atoms with E-state index in [1.54, 1.807) is 6.20 Å². The summed E-state index contributed by atoms with van der Waals surface area (Å²) in [5, 5.41) is 0. The molecule has 0 unspecified atom stereocenters. The number of benzene rings is 1. The average molecular weight is 415 g/mol. The highest BCUT2D eigenvalue weighted by molar-refractivity contribution is 5.94. The number of hydrogen-bond donors (Lipinski definition) is 1. The Hall–Kier alpha value is -3.68. The van der Waals surface area contributed by atoms with Crippen molar-refractivity contribution in [3.8, 4) is 11.4 Å². The number of ether oxygens (including phenoxy) is 1. The van der Waals surface area contributed by atoms with Crippen molar-refractivity contribution in [2.45, 2.75) is 37.2 Å². The number of nitrogens with one attached hydrogen (secondary N) is 1. The fourth-order valence-electron chi connectivity index (χ4n) is 4.72. The van der Waals surface area contributed by atoms with Crippen LogP contribution in [0.3, 0.4) is 0 Å². The van der Waals surface area contributed by atoms with Crippen molar-refractivity contribution in [1.29, 1.82) is 0 Å². The Balaban J connectivity index is 1.26. The molecule has 4 aromatic rings. The first-order chi connectivity index (χ1) is 15.1. The molecule has 154 valence electrons. The van der Waals surface area contributed by atoms with Gasteiger partial charge in [0.1, 0.15) is 16.9 Å². The molecule has 31 heavy (non-hydrogen) atoms. The molecule has 4 heterocycles. The highest BCUT2D eigenvalue weighted by Crippen LogP contribution is 2.49. The van der Waals surface area contributed by atoms with Crippen molar-refractivity contribution in [2.75, 3.05) is 0 Å². The van der Waals surface area contributed by atoms with Crippen LogP contribution in [0.15, 0.2) is 48.8 Å². The summed E-state index contributed by atoms with van der Waals surface area (Å²) >= 11 is 0. The van der Waals surface area contributed by atoms with Crippen LogP contribution in [0.1, 0.15) is 53.3 Å². The van der Waals surface area contributed by atoms with E-state index in [1.165, 1.54) is 12.3 Å². The Kier molecular flexibility index (Phi) is 3.89. The van der Waals surface area contributed by atoms with E-state index >= 15 is 0 Å². The maximum Gasteiger partial charge on any atom is 0.339 e. The summed E-state index contributed by atoms with van der Waals surface area (Å²) in [6.07, 6.45) is 6.05. The monoisotopic (exact) mass is 415 g/mol. The minimum Gasteiger partial charge on any atom is -0.450 e. The summed E-state index contributed by atoms with van der Waals surface area (Å²) in [5.41, 5.74) is 2.66. The molecule has 7 nitrogen and oxygen atoms in total. The minimum absolute atomic E-state index is 0.191. The second-order valence-electron chi connectivity index (χ2n) is 8.13. The van der Waals surface area contributed by atoms with Gasteiger partial charge >= 0.3 is 5.97 Å². The topological polar surface area (TPSA) is 93.6 Å². The number of imidazole rings is 1. The van der Waals surface area contributed by atoms with E-state index < -0.39 is 17.5 Å². The molecule has 1 N–H and O–H groups in total. The molecular formula is C23H18FN5O2. The van der Waals surface area contributed by atoms with Gasteiger partial charge in [-0.1, -0.05) is 30.3 Å². The number of nitrogens with zero attached hydrogens (tertiary/aromatic N) is 4. The summed E-state index contributed by atoms with van der Waals surface area (Å²) in [4.78, 5) is 33.2. The van der Waals surface area contributed by atoms with Gasteiger partial charge in [0, 0.05) is 29.3 Å². The van der Waals surface area contributed by atoms with Gasteiger partial charge in [-0.15, -0.1) is 0 Å². The number of halogens is 1. The summed E-state index contributed by atoms with van der Waals surface area (Å²) in [7, 11) is 0. The highest BCUT2D eigenvalue weighted by Gasteiger charge is 2.48. The number of aromatic amines is 1. The van der Waals surface area contributed by atoms with Gasteiger partial charge in [-0.3, -0.25) is 0 Å². The maximum atomic E-state index is 13.5. The minimum atomic E-state index is -0.712. The molecule has 0 bridgehead atoms. The van der Waals surface area contributed by atoms with Gasteiger partial charge in [-0.05, 0) is 25.7 Å². The molecule has 6 rings (SSSR count). The third-order valence-electron chi connectivity index (χ3n) is 6.34. The third-order valence-corrected chi connectivity index (χ3v) is 6.34. The first kappa shape index (κ1) is 18.1. The predicted octanol–water partition coefficient (Wildman–Crippen LogP) is 4.28. The number of esters is 1. The number of aromatic nitrogens is 5. The van der Waals surface area contributed by atoms with Crippen LogP contribution in [0.4, 0.5) is 4.39 Å². The second-order valence-corrected chi connectivity index (χ2v) is 8.13. The summed E-state index contributed by atoms with van der Waals surface area (Å²) in [5.74, 6) is 0.562. The van der Waals surface area contributed by atoms with Crippen molar-refractivity contribution in [3.63, 3.8) is 0 Å². The van der Waals surface area contributed by atoms with Crippen LogP contribution < -0.4 is 0 Å². The molecule has 0 amide bonds. The lowest BCUT2D eigenvalue weighted by Gasteiger charge is -2.35. The van der Waals surface area contributed by atoms with Gasteiger partial charge in [0.15, 0.2) is 11.5 Å².